The number of benzene rings is 1. The summed E-state index contributed by atoms with van der Waals surface area (Å²) in [5.41, 5.74) is 1.96. The van der Waals surface area contributed by atoms with Crippen LogP contribution >= 0.6 is 11.3 Å². The van der Waals surface area contributed by atoms with E-state index in [1.165, 1.54) is 7.11 Å². The van der Waals surface area contributed by atoms with Gasteiger partial charge in [0.15, 0.2) is 4.21 Å². The van der Waals surface area contributed by atoms with Crippen LogP contribution in [0.25, 0.3) is 0 Å². The zero-order valence-electron chi connectivity index (χ0n) is 17.5. The van der Waals surface area contributed by atoms with Gasteiger partial charge in [0.25, 0.3) is 10.0 Å². The van der Waals surface area contributed by atoms with E-state index in [0.717, 1.165) is 23.3 Å². The fraction of sp³-hybridized carbons (Fsp3) is 0.429. The van der Waals surface area contributed by atoms with Crippen LogP contribution in [0.4, 0.5) is 5.69 Å². The van der Waals surface area contributed by atoms with Crippen molar-refractivity contribution in [3.8, 4) is 0 Å². The summed E-state index contributed by atoms with van der Waals surface area (Å²) in [6.07, 6.45) is 1.15. The van der Waals surface area contributed by atoms with E-state index in [1.807, 2.05) is 19.9 Å². The Morgan fingerprint density at radius 3 is 2.63 bits per heavy atom. The van der Waals surface area contributed by atoms with Gasteiger partial charge in [-0.2, -0.15) is 0 Å². The van der Waals surface area contributed by atoms with E-state index >= 15 is 0 Å². The van der Waals surface area contributed by atoms with Gasteiger partial charge in [0, 0.05) is 17.3 Å². The smallest absolute Gasteiger partial charge is 0.340 e. The first-order valence-corrected chi connectivity index (χ1v) is 12.1. The third kappa shape index (κ3) is 4.22. The number of sulfonamides is 1. The number of rotatable bonds is 6. The number of para-hydroxylation sites is 1. The molecular weight excluding hydrogens is 424 g/mol. The Kier molecular flexibility index (Phi) is 6.52. The number of ether oxygens (including phenoxy) is 1. The number of nitrogens with zero attached hydrogens (tertiary/aromatic N) is 1. The van der Waals surface area contributed by atoms with Crippen molar-refractivity contribution in [2.24, 2.45) is 5.92 Å². The number of anilines is 1. The van der Waals surface area contributed by atoms with E-state index in [2.05, 4.69) is 4.72 Å². The van der Waals surface area contributed by atoms with Crippen molar-refractivity contribution in [2.45, 2.75) is 44.4 Å². The Labute approximate surface area is 181 Å². The molecule has 0 bridgehead atoms. The van der Waals surface area contributed by atoms with Crippen LogP contribution in [0.15, 0.2) is 28.5 Å². The van der Waals surface area contributed by atoms with Crippen LogP contribution in [0.5, 0.6) is 0 Å². The highest BCUT2D eigenvalue weighted by atomic mass is 32.2. The third-order valence-corrected chi connectivity index (χ3v) is 8.49. The minimum Gasteiger partial charge on any atom is -0.465 e. The molecule has 1 aliphatic rings. The second-order valence-corrected chi connectivity index (χ2v) is 10.4. The summed E-state index contributed by atoms with van der Waals surface area (Å²) < 4.78 is 33.8. The highest BCUT2D eigenvalue weighted by Gasteiger charge is 2.35. The topological polar surface area (TPSA) is 92.8 Å². The van der Waals surface area contributed by atoms with Gasteiger partial charge in [-0.05, 0) is 37.0 Å². The van der Waals surface area contributed by atoms with Gasteiger partial charge in [0.1, 0.15) is 0 Å². The van der Waals surface area contributed by atoms with Crippen molar-refractivity contribution in [3.63, 3.8) is 0 Å². The quantitative estimate of drug-likeness (QED) is 0.679. The number of hydrogen-bond donors (Lipinski definition) is 1. The van der Waals surface area contributed by atoms with E-state index in [4.69, 9.17) is 4.74 Å². The third-order valence-electron chi connectivity index (χ3n) is 5.39. The van der Waals surface area contributed by atoms with E-state index < -0.39 is 16.0 Å². The summed E-state index contributed by atoms with van der Waals surface area (Å²) in [5, 5.41) is 0. The molecule has 30 heavy (non-hydrogen) atoms. The van der Waals surface area contributed by atoms with Gasteiger partial charge >= 0.3 is 5.97 Å². The van der Waals surface area contributed by atoms with Gasteiger partial charge in [-0.25, -0.2) is 13.2 Å². The molecule has 7 nitrogen and oxygen atoms in total. The number of aryl methyl sites for hydroxylation is 1. The Morgan fingerprint density at radius 1 is 1.30 bits per heavy atom. The molecule has 9 heteroatoms. The predicted molar refractivity (Wildman–Crippen MR) is 116 cm³/mol. The van der Waals surface area contributed by atoms with Gasteiger partial charge in [-0.1, -0.05) is 32.0 Å². The minimum atomic E-state index is -4.01. The van der Waals surface area contributed by atoms with Crippen LogP contribution in [0.2, 0.25) is 0 Å². The normalized spacial score (nSPS) is 14.7. The van der Waals surface area contributed by atoms with Crippen LogP contribution < -0.4 is 4.72 Å². The lowest BCUT2D eigenvalue weighted by Gasteiger charge is -2.29. The lowest BCUT2D eigenvalue weighted by Crippen LogP contribution is -2.38. The van der Waals surface area contributed by atoms with E-state index in [-0.39, 0.29) is 21.6 Å². The largest absolute Gasteiger partial charge is 0.465 e. The zero-order chi connectivity index (χ0) is 22.1. The number of carbonyl (C=O) groups excluding carboxylic acids is 2. The Balaban J connectivity index is 2.02. The Bertz CT molecular complexity index is 1080. The van der Waals surface area contributed by atoms with E-state index in [9.17, 15) is 18.0 Å². The molecule has 1 aromatic heterocycles. The molecular formula is C21H26N2O5S2. The van der Waals surface area contributed by atoms with Crippen LogP contribution in [-0.2, 0) is 32.5 Å². The maximum atomic E-state index is 13.2. The zero-order valence-corrected chi connectivity index (χ0v) is 19.2. The molecule has 162 valence electrons. The molecule has 2 heterocycles. The number of esters is 1. The first-order valence-electron chi connectivity index (χ1n) is 9.79. The maximum Gasteiger partial charge on any atom is 0.340 e. The van der Waals surface area contributed by atoms with Crippen LogP contribution in [0.1, 0.15) is 46.6 Å². The summed E-state index contributed by atoms with van der Waals surface area (Å²) >= 11 is 1.03. The van der Waals surface area contributed by atoms with Gasteiger partial charge in [0.2, 0.25) is 5.91 Å². The SMILES string of the molecule is CC[C@@H](C)C(=O)N1CCc2c(sc(S(=O)(=O)Nc3ccccc3C)c2C(=O)OC)C1. The average Bonchev–Trinajstić information content (AvgIpc) is 3.13. The molecule has 0 fully saturated rings. The summed E-state index contributed by atoms with van der Waals surface area (Å²) in [6, 6.07) is 7.03. The lowest BCUT2D eigenvalue weighted by molar-refractivity contribution is -0.135. The molecule has 0 aliphatic carbocycles. The molecule has 0 spiro atoms. The number of hydrogen-bond acceptors (Lipinski definition) is 6. The predicted octanol–water partition coefficient (Wildman–Crippen LogP) is 3.57. The molecule has 3 rings (SSSR count). The van der Waals surface area contributed by atoms with Gasteiger partial charge in [-0.15, -0.1) is 11.3 Å². The number of methoxy groups -OCH3 is 1. The summed E-state index contributed by atoms with van der Waals surface area (Å²) in [6.45, 7) is 6.39. The van der Waals surface area contributed by atoms with E-state index in [0.29, 0.717) is 35.6 Å². The van der Waals surface area contributed by atoms with Crippen molar-refractivity contribution in [1.82, 2.24) is 4.90 Å². The molecule has 0 unspecified atom stereocenters. The number of thiophene rings is 1. The Hall–Kier alpha value is -2.39. The average molecular weight is 451 g/mol. The lowest BCUT2D eigenvalue weighted by atomic mass is 10.0. The van der Waals surface area contributed by atoms with Gasteiger partial charge < -0.3 is 9.64 Å². The monoisotopic (exact) mass is 450 g/mol. The number of nitrogens with one attached hydrogen (secondary N) is 1. The highest BCUT2D eigenvalue weighted by molar-refractivity contribution is 7.94. The molecule has 0 saturated carbocycles. The van der Waals surface area contributed by atoms with Crippen molar-refractivity contribution in [1.29, 1.82) is 0 Å². The molecule has 0 radical (unpaired) electrons. The van der Waals surface area contributed by atoms with Crippen molar-refractivity contribution >= 4 is 38.9 Å². The first kappa shape index (κ1) is 22.3. The minimum absolute atomic E-state index is 0.0404. The molecule has 1 amide bonds. The highest BCUT2D eigenvalue weighted by Crippen LogP contribution is 2.38. The molecule has 2 aromatic rings. The van der Waals surface area contributed by atoms with Gasteiger partial charge in [0.05, 0.1) is 24.9 Å². The number of fused-ring (bicyclic) bond motifs is 1. The second-order valence-electron chi connectivity index (χ2n) is 7.40. The van der Waals surface area contributed by atoms with Crippen LogP contribution in [0, 0.1) is 12.8 Å². The summed E-state index contributed by atoms with van der Waals surface area (Å²) in [4.78, 5) is 27.6. The van der Waals surface area contributed by atoms with Crippen LogP contribution in [0.3, 0.4) is 0 Å². The number of amides is 1. The van der Waals surface area contributed by atoms with Crippen molar-refractivity contribution in [3.05, 3.63) is 45.8 Å². The molecule has 1 aromatic carbocycles. The summed E-state index contributed by atoms with van der Waals surface area (Å²) in [7, 11) is -2.77. The number of carbonyl (C=O) groups is 2. The first-order chi connectivity index (χ1) is 14.2. The second kappa shape index (κ2) is 8.77. The van der Waals surface area contributed by atoms with Gasteiger partial charge in [-0.3, -0.25) is 9.52 Å². The van der Waals surface area contributed by atoms with Crippen molar-refractivity contribution < 1.29 is 22.7 Å². The molecule has 1 atom stereocenters. The fourth-order valence-electron chi connectivity index (χ4n) is 3.43. The van der Waals surface area contributed by atoms with Crippen molar-refractivity contribution in [2.75, 3.05) is 18.4 Å². The fourth-order valence-corrected chi connectivity index (χ4v) is 6.46. The summed E-state index contributed by atoms with van der Waals surface area (Å²) in [5.74, 6) is -0.740. The van der Waals surface area contributed by atoms with E-state index in [1.54, 1.807) is 30.0 Å². The molecule has 1 aliphatic heterocycles. The standard InChI is InChI=1S/C21H26N2O5S2/c1-5-13(2)19(24)23-11-10-15-17(12-23)29-21(18(15)20(25)28-4)30(26,27)22-16-9-7-6-8-14(16)3/h6-9,13,22H,5,10-12H2,1-4H3/t13-/m1/s1. The molecule has 1 N–H and O–H groups in total. The van der Waals surface area contributed by atoms with Crippen LogP contribution in [-0.4, -0.2) is 38.8 Å². The Morgan fingerprint density at radius 2 is 2.00 bits per heavy atom. The molecule has 0 saturated heterocycles. The maximum absolute atomic E-state index is 13.2.